The Labute approximate surface area is 126 Å². The van der Waals surface area contributed by atoms with Crippen LogP contribution in [0.3, 0.4) is 0 Å². The zero-order valence-corrected chi connectivity index (χ0v) is 13.7. The zero-order chi connectivity index (χ0) is 15.8. The van der Waals surface area contributed by atoms with Gasteiger partial charge in [0, 0.05) is 11.4 Å². The smallest absolute Gasteiger partial charge is 0.410 e. The van der Waals surface area contributed by atoms with Gasteiger partial charge in [-0.25, -0.2) is 4.79 Å². The number of aromatic nitrogens is 1. The Morgan fingerprint density at radius 2 is 2.05 bits per heavy atom. The summed E-state index contributed by atoms with van der Waals surface area (Å²) in [6, 6.07) is 0. The number of nitrogens with zero attached hydrogens (tertiary/aromatic N) is 1. The van der Waals surface area contributed by atoms with E-state index in [9.17, 15) is 4.79 Å². The van der Waals surface area contributed by atoms with Crippen LogP contribution in [0.2, 0.25) is 0 Å². The number of H-pyrrole nitrogens is 1. The van der Waals surface area contributed by atoms with Crippen LogP contribution in [0.4, 0.5) is 4.79 Å². The van der Waals surface area contributed by atoms with Gasteiger partial charge in [-0.05, 0) is 50.8 Å². The molecule has 0 aromatic carbocycles. The summed E-state index contributed by atoms with van der Waals surface area (Å²) < 4.78 is 5.45. The number of nitrogens with one attached hydrogen (secondary N) is 1. The molecule has 0 saturated heterocycles. The third-order valence-corrected chi connectivity index (χ3v) is 3.66. The molecule has 0 spiro atoms. The third-order valence-electron chi connectivity index (χ3n) is 3.66. The van der Waals surface area contributed by atoms with E-state index in [2.05, 4.69) is 18.8 Å². The van der Waals surface area contributed by atoms with Crippen molar-refractivity contribution in [2.75, 3.05) is 6.54 Å². The maximum Gasteiger partial charge on any atom is 0.410 e. The second-order valence-corrected chi connectivity index (χ2v) is 7.00. The highest BCUT2D eigenvalue weighted by atomic mass is 16.6. The van der Waals surface area contributed by atoms with Crippen molar-refractivity contribution in [2.24, 2.45) is 5.73 Å². The van der Waals surface area contributed by atoms with E-state index < -0.39 is 5.60 Å². The molecule has 21 heavy (non-hydrogen) atoms. The Morgan fingerprint density at radius 1 is 1.38 bits per heavy atom. The van der Waals surface area contributed by atoms with Crippen LogP contribution >= 0.6 is 0 Å². The fraction of sp³-hybridized carbons (Fsp3) is 0.688. The van der Waals surface area contributed by atoms with E-state index in [1.165, 1.54) is 16.8 Å². The van der Waals surface area contributed by atoms with Gasteiger partial charge in [0.1, 0.15) is 5.60 Å². The monoisotopic (exact) mass is 293 g/mol. The molecule has 0 unspecified atom stereocenters. The molecule has 0 radical (unpaired) electrons. The van der Waals surface area contributed by atoms with Gasteiger partial charge in [-0.2, -0.15) is 0 Å². The van der Waals surface area contributed by atoms with Crippen molar-refractivity contribution in [2.45, 2.75) is 65.6 Å². The number of ether oxygens (including phenoxy) is 1. The second kappa shape index (κ2) is 5.72. The molecule has 3 N–H and O–H groups in total. The van der Waals surface area contributed by atoms with Crippen LogP contribution in [0.1, 0.15) is 63.1 Å². The van der Waals surface area contributed by atoms with Gasteiger partial charge in [-0.1, -0.05) is 13.8 Å². The average Bonchev–Trinajstić information content (AvgIpc) is 2.86. The van der Waals surface area contributed by atoms with Gasteiger partial charge in [-0.15, -0.1) is 0 Å². The highest BCUT2D eigenvalue weighted by Gasteiger charge is 2.32. The maximum absolute atomic E-state index is 12.2. The zero-order valence-electron chi connectivity index (χ0n) is 13.7. The number of carbonyl (C=O) groups excluding carboxylic acids is 1. The van der Waals surface area contributed by atoms with E-state index in [-0.39, 0.29) is 6.09 Å². The van der Waals surface area contributed by atoms with Crippen molar-refractivity contribution in [1.29, 1.82) is 0 Å². The molecule has 5 heteroatoms. The highest BCUT2D eigenvalue weighted by molar-refractivity contribution is 5.69. The van der Waals surface area contributed by atoms with Gasteiger partial charge in [0.05, 0.1) is 13.1 Å². The summed E-state index contributed by atoms with van der Waals surface area (Å²) in [5.41, 5.74) is 10.2. The molecule has 5 nitrogen and oxygen atoms in total. The Bertz CT molecular complexity index is 526. The predicted octanol–water partition coefficient (Wildman–Crippen LogP) is 2.89. The van der Waals surface area contributed by atoms with Crippen molar-refractivity contribution in [3.63, 3.8) is 0 Å². The van der Waals surface area contributed by atoms with Crippen molar-refractivity contribution in [1.82, 2.24) is 9.88 Å². The van der Waals surface area contributed by atoms with Crippen LogP contribution < -0.4 is 5.73 Å². The lowest BCUT2D eigenvalue weighted by Crippen LogP contribution is -2.33. The minimum Gasteiger partial charge on any atom is -0.444 e. The molecule has 0 atom stereocenters. The summed E-state index contributed by atoms with van der Waals surface area (Å²) in [6.07, 6.45) is 0.596. The molecule has 2 heterocycles. The summed E-state index contributed by atoms with van der Waals surface area (Å²) in [4.78, 5) is 17.4. The summed E-state index contributed by atoms with van der Waals surface area (Å²) in [5, 5.41) is 0. The first kappa shape index (κ1) is 15.9. The van der Waals surface area contributed by atoms with Crippen molar-refractivity contribution >= 4 is 6.09 Å². The molecule has 1 aliphatic rings. The largest absolute Gasteiger partial charge is 0.444 e. The molecule has 0 saturated carbocycles. The predicted molar refractivity (Wildman–Crippen MR) is 83.1 cm³/mol. The second-order valence-electron chi connectivity index (χ2n) is 7.00. The van der Waals surface area contributed by atoms with Crippen molar-refractivity contribution < 1.29 is 9.53 Å². The van der Waals surface area contributed by atoms with Gasteiger partial charge < -0.3 is 15.5 Å². The number of aromatic amines is 1. The van der Waals surface area contributed by atoms with Gasteiger partial charge in [0.25, 0.3) is 0 Å². The lowest BCUT2D eigenvalue weighted by atomic mass is 10.0. The molecular weight excluding hydrogens is 266 g/mol. The van der Waals surface area contributed by atoms with Crippen LogP contribution in [0.5, 0.6) is 0 Å². The van der Waals surface area contributed by atoms with Crippen molar-refractivity contribution in [3.8, 4) is 0 Å². The summed E-state index contributed by atoms with van der Waals surface area (Å²) in [7, 11) is 0. The standard InChI is InChI=1S/C16H27N3O2/c1-10(2)14-11(6-7-17)12-8-19(9-13(12)18-14)15(20)21-16(3,4)5/h10,18H,6-9,17H2,1-5H3. The molecule has 0 bridgehead atoms. The lowest BCUT2D eigenvalue weighted by Gasteiger charge is -2.24. The average molecular weight is 293 g/mol. The Morgan fingerprint density at radius 3 is 2.57 bits per heavy atom. The molecule has 2 rings (SSSR count). The van der Waals surface area contributed by atoms with E-state index in [0.717, 1.165) is 12.1 Å². The molecule has 0 aliphatic carbocycles. The minimum absolute atomic E-state index is 0.253. The number of carbonyl (C=O) groups is 1. The van der Waals surface area contributed by atoms with E-state index >= 15 is 0 Å². The van der Waals surface area contributed by atoms with Crippen LogP contribution in [-0.4, -0.2) is 28.1 Å². The van der Waals surface area contributed by atoms with E-state index in [0.29, 0.717) is 25.6 Å². The highest BCUT2D eigenvalue weighted by Crippen LogP contribution is 2.32. The summed E-state index contributed by atoms with van der Waals surface area (Å²) in [6.45, 7) is 11.8. The quantitative estimate of drug-likeness (QED) is 0.900. The Hall–Kier alpha value is -1.49. The van der Waals surface area contributed by atoms with Gasteiger partial charge in [-0.3, -0.25) is 4.90 Å². The van der Waals surface area contributed by atoms with E-state index in [1.54, 1.807) is 4.90 Å². The van der Waals surface area contributed by atoms with E-state index in [4.69, 9.17) is 10.5 Å². The molecule has 118 valence electrons. The lowest BCUT2D eigenvalue weighted by molar-refractivity contribution is 0.0240. The number of hydrogen-bond donors (Lipinski definition) is 2. The van der Waals surface area contributed by atoms with E-state index in [1.807, 2.05) is 20.8 Å². The van der Waals surface area contributed by atoms with Crippen molar-refractivity contribution in [3.05, 3.63) is 22.5 Å². The number of hydrogen-bond acceptors (Lipinski definition) is 3. The fourth-order valence-electron chi connectivity index (χ4n) is 2.80. The normalized spacial score (nSPS) is 14.7. The molecule has 1 aromatic heterocycles. The SMILES string of the molecule is CC(C)c1[nH]c2c(c1CCN)CN(C(=O)OC(C)(C)C)C2. The van der Waals surface area contributed by atoms with Gasteiger partial charge >= 0.3 is 6.09 Å². The van der Waals surface area contributed by atoms with Gasteiger partial charge in [0.2, 0.25) is 0 Å². The molecule has 1 amide bonds. The van der Waals surface area contributed by atoms with Crippen LogP contribution in [0.25, 0.3) is 0 Å². The first-order valence-electron chi connectivity index (χ1n) is 7.63. The first-order chi connectivity index (χ1) is 9.73. The number of amides is 1. The Kier molecular flexibility index (Phi) is 4.33. The third kappa shape index (κ3) is 3.40. The first-order valence-corrected chi connectivity index (χ1v) is 7.63. The molecule has 0 fully saturated rings. The fourth-order valence-corrected chi connectivity index (χ4v) is 2.80. The topological polar surface area (TPSA) is 71.4 Å². The van der Waals surface area contributed by atoms with Crippen LogP contribution in [0.15, 0.2) is 0 Å². The van der Waals surface area contributed by atoms with Crippen LogP contribution in [-0.2, 0) is 24.2 Å². The minimum atomic E-state index is -0.462. The molecule has 1 aromatic rings. The maximum atomic E-state index is 12.2. The Balaban J connectivity index is 2.18. The van der Waals surface area contributed by atoms with Gasteiger partial charge in [0.15, 0.2) is 0 Å². The number of rotatable bonds is 3. The summed E-state index contributed by atoms with van der Waals surface area (Å²) >= 11 is 0. The molecular formula is C16H27N3O2. The van der Waals surface area contributed by atoms with Crippen LogP contribution in [0, 0.1) is 0 Å². The number of nitrogens with two attached hydrogens (primary N) is 1. The summed E-state index contributed by atoms with van der Waals surface area (Å²) in [5.74, 6) is 0.437. The molecule has 1 aliphatic heterocycles. The number of fused-ring (bicyclic) bond motifs is 1.